The first kappa shape index (κ1) is 15.4. The van der Waals surface area contributed by atoms with Gasteiger partial charge in [-0.3, -0.25) is 4.98 Å². The van der Waals surface area contributed by atoms with Crippen LogP contribution < -0.4 is 0 Å². The Kier molecular flexibility index (Phi) is 3.92. The van der Waals surface area contributed by atoms with Crippen molar-refractivity contribution in [1.82, 2.24) is 9.29 Å². The van der Waals surface area contributed by atoms with Crippen molar-refractivity contribution in [1.29, 1.82) is 0 Å². The second kappa shape index (κ2) is 5.61. The van der Waals surface area contributed by atoms with Crippen molar-refractivity contribution in [2.45, 2.75) is 37.9 Å². The Labute approximate surface area is 131 Å². The van der Waals surface area contributed by atoms with Gasteiger partial charge in [0.25, 0.3) is 0 Å². The highest BCUT2D eigenvalue weighted by Crippen LogP contribution is 2.26. The van der Waals surface area contributed by atoms with Crippen LogP contribution in [-0.4, -0.2) is 43.0 Å². The summed E-state index contributed by atoms with van der Waals surface area (Å²) in [6, 6.07) is 7.24. The lowest BCUT2D eigenvalue weighted by Crippen LogP contribution is -2.48. The van der Waals surface area contributed by atoms with Gasteiger partial charge < -0.3 is 4.74 Å². The van der Waals surface area contributed by atoms with Gasteiger partial charge >= 0.3 is 0 Å². The van der Waals surface area contributed by atoms with E-state index in [1.165, 1.54) is 4.31 Å². The summed E-state index contributed by atoms with van der Waals surface area (Å²) in [7, 11) is -3.58. The summed E-state index contributed by atoms with van der Waals surface area (Å²) in [5, 5.41) is 0.843. The van der Waals surface area contributed by atoms with Crippen molar-refractivity contribution in [3.63, 3.8) is 0 Å². The SMILES string of the molecule is Cc1cnc2c(S(=O)(=O)N3CC(C)OC(C)C3)cccc2c1. The minimum atomic E-state index is -3.58. The summed E-state index contributed by atoms with van der Waals surface area (Å²) in [4.78, 5) is 4.61. The van der Waals surface area contributed by atoms with E-state index in [1.807, 2.05) is 32.9 Å². The first-order chi connectivity index (χ1) is 10.4. The quantitative estimate of drug-likeness (QED) is 0.852. The summed E-state index contributed by atoms with van der Waals surface area (Å²) in [5.74, 6) is 0. The number of hydrogen-bond donors (Lipinski definition) is 0. The molecule has 1 aromatic carbocycles. The van der Waals surface area contributed by atoms with E-state index in [2.05, 4.69) is 4.98 Å². The molecule has 118 valence electrons. The van der Waals surface area contributed by atoms with Crippen LogP contribution in [-0.2, 0) is 14.8 Å². The van der Waals surface area contributed by atoms with E-state index in [1.54, 1.807) is 18.3 Å². The molecule has 0 radical (unpaired) electrons. The fraction of sp³-hybridized carbons (Fsp3) is 0.438. The maximum absolute atomic E-state index is 13.0. The maximum atomic E-state index is 13.0. The maximum Gasteiger partial charge on any atom is 0.245 e. The fourth-order valence-electron chi connectivity index (χ4n) is 2.92. The molecule has 2 atom stereocenters. The number of ether oxygens (including phenoxy) is 1. The lowest BCUT2D eigenvalue weighted by atomic mass is 10.2. The van der Waals surface area contributed by atoms with Gasteiger partial charge in [-0.15, -0.1) is 0 Å². The van der Waals surface area contributed by atoms with E-state index < -0.39 is 10.0 Å². The molecule has 0 amide bonds. The zero-order valence-electron chi connectivity index (χ0n) is 13.0. The molecule has 2 unspecified atom stereocenters. The highest BCUT2D eigenvalue weighted by atomic mass is 32.2. The van der Waals surface area contributed by atoms with Gasteiger partial charge in [0.2, 0.25) is 10.0 Å². The zero-order valence-corrected chi connectivity index (χ0v) is 13.8. The van der Waals surface area contributed by atoms with E-state index in [4.69, 9.17) is 4.74 Å². The van der Waals surface area contributed by atoms with Crippen LogP contribution in [0.15, 0.2) is 35.4 Å². The number of rotatable bonds is 2. The Balaban J connectivity index is 2.09. The number of nitrogens with zero attached hydrogens (tertiary/aromatic N) is 2. The van der Waals surface area contributed by atoms with Crippen molar-refractivity contribution >= 4 is 20.9 Å². The summed E-state index contributed by atoms with van der Waals surface area (Å²) >= 11 is 0. The average molecular weight is 320 g/mol. The van der Waals surface area contributed by atoms with Crippen LogP contribution in [0.5, 0.6) is 0 Å². The van der Waals surface area contributed by atoms with Crippen LogP contribution in [0.3, 0.4) is 0 Å². The second-order valence-electron chi connectivity index (χ2n) is 5.92. The number of pyridine rings is 1. The minimum Gasteiger partial charge on any atom is -0.373 e. The Morgan fingerprint density at radius 3 is 2.59 bits per heavy atom. The lowest BCUT2D eigenvalue weighted by molar-refractivity contribution is -0.0440. The number of aryl methyl sites for hydroxylation is 1. The van der Waals surface area contributed by atoms with Crippen LogP contribution >= 0.6 is 0 Å². The molecular weight excluding hydrogens is 300 g/mol. The number of para-hydroxylation sites is 1. The molecule has 0 N–H and O–H groups in total. The molecule has 0 spiro atoms. The highest BCUT2D eigenvalue weighted by molar-refractivity contribution is 7.89. The molecule has 0 aliphatic carbocycles. The van der Waals surface area contributed by atoms with Crippen molar-refractivity contribution in [3.05, 3.63) is 36.0 Å². The molecule has 1 aromatic heterocycles. The van der Waals surface area contributed by atoms with Gasteiger partial charge in [-0.1, -0.05) is 12.1 Å². The van der Waals surface area contributed by atoms with Crippen LogP contribution in [0.4, 0.5) is 0 Å². The van der Waals surface area contributed by atoms with Crippen LogP contribution in [0.25, 0.3) is 10.9 Å². The van der Waals surface area contributed by atoms with Crippen molar-refractivity contribution in [3.8, 4) is 0 Å². The van der Waals surface area contributed by atoms with Crippen LogP contribution in [0, 0.1) is 6.92 Å². The predicted molar refractivity (Wildman–Crippen MR) is 85.2 cm³/mol. The average Bonchev–Trinajstić information content (AvgIpc) is 2.45. The third kappa shape index (κ3) is 2.74. The van der Waals surface area contributed by atoms with E-state index in [-0.39, 0.29) is 17.1 Å². The zero-order chi connectivity index (χ0) is 15.9. The molecule has 5 nitrogen and oxygen atoms in total. The van der Waals surface area contributed by atoms with E-state index in [9.17, 15) is 8.42 Å². The molecule has 1 aliphatic heterocycles. The number of sulfonamides is 1. The molecule has 2 heterocycles. The number of morpholine rings is 1. The monoisotopic (exact) mass is 320 g/mol. The Morgan fingerprint density at radius 2 is 1.91 bits per heavy atom. The molecule has 6 heteroatoms. The number of hydrogen-bond acceptors (Lipinski definition) is 4. The van der Waals surface area contributed by atoms with E-state index in [0.717, 1.165) is 10.9 Å². The molecule has 0 bridgehead atoms. The summed E-state index contributed by atoms with van der Waals surface area (Å²) < 4.78 is 33.1. The van der Waals surface area contributed by atoms with Gasteiger partial charge in [-0.25, -0.2) is 8.42 Å². The Bertz CT molecular complexity index is 794. The third-order valence-electron chi connectivity index (χ3n) is 3.81. The minimum absolute atomic E-state index is 0.108. The predicted octanol–water partition coefficient (Wildman–Crippen LogP) is 2.34. The fourth-order valence-corrected chi connectivity index (χ4v) is 4.67. The first-order valence-electron chi connectivity index (χ1n) is 7.39. The molecule has 1 aliphatic rings. The third-order valence-corrected chi connectivity index (χ3v) is 5.68. The van der Waals surface area contributed by atoms with Gasteiger partial charge in [0, 0.05) is 24.7 Å². The smallest absolute Gasteiger partial charge is 0.245 e. The molecule has 0 saturated carbocycles. The number of fused-ring (bicyclic) bond motifs is 1. The van der Waals surface area contributed by atoms with Crippen molar-refractivity contribution in [2.75, 3.05) is 13.1 Å². The number of benzene rings is 1. The summed E-state index contributed by atoms with van der Waals surface area (Å²) in [6.07, 6.45) is 1.48. The lowest BCUT2D eigenvalue weighted by Gasteiger charge is -2.34. The van der Waals surface area contributed by atoms with E-state index in [0.29, 0.717) is 18.6 Å². The largest absolute Gasteiger partial charge is 0.373 e. The molecule has 1 saturated heterocycles. The topological polar surface area (TPSA) is 59.5 Å². The molecule has 1 fully saturated rings. The standard InChI is InChI=1S/C16H20N2O3S/c1-11-7-14-5-4-6-15(16(14)17-8-11)22(19,20)18-9-12(2)21-13(3)10-18/h4-8,12-13H,9-10H2,1-3H3. The van der Waals surface area contributed by atoms with Gasteiger partial charge in [-0.2, -0.15) is 4.31 Å². The highest BCUT2D eigenvalue weighted by Gasteiger charge is 2.33. The van der Waals surface area contributed by atoms with Crippen molar-refractivity contribution < 1.29 is 13.2 Å². The molecule has 22 heavy (non-hydrogen) atoms. The van der Waals surface area contributed by atoms with Gasteiger partial charge in [0.1, 0.15) is 4.90 Å². The Morgan fingerprint density at radius 1 is 1.23 bits per heavy atom. The van der Waals surface area contributed by atoms with Gasteiger partial charge in [0.15, 0.2) is 0 Å². The first-order valence-corrected chi connectivity index (χ1v) is 8.83. The molecule has 3 rings (SSSR count). The summed E-state index contributed by atoms with van der Waals surface area (Å²) in [6.45, 7) is 6.47. The number of aromatic nitrogens is 1. The molecule has 2 aromatic rings. The van der Waals surface area contributed by atoms with Crippen LogP contribution in [0.2, 0.25) is 0 Å². The normalized spacial score (nSPS) is 23.8. The van der Waals surface area contributed by atoms with E-state index >= 15 is 0 Å². The second-order valence-corrected chi connectivity index (χ2v) is 7.83. The Hall–Kier alpha value is -1.50. The van der Waals surface area contributed by atoms with Gasteiger partial charge in [-0.05, 0) is 38.5 Å². The summed E-state index contributed by atoms with van der Waals surface area (Å²) in [5.41, 5.74) is 1.54. The molecular formula is C16H20N2O3S. The van der Waals surface area contributed by atoms with Crippen LogP contribution in [0.1, 0.15) is 19.4 Å². The van der Waals surface area contributed by atoms with Crippen molar-refractivity contribution in [2.24, 2.45) is 0 Å². The van der Waals surface area contributed by atoms with Gasteiger partial charge in [0.05, 0.1) is 17.7 Å².